The van der Waals surface area contributed by atoms with E-state index in [-0.39, 0.29) is 0 Å². The number of nitrogens with one attached hydrogen (secondary N) is 1. The van der Waals surface area contributed by atoms with Gasteiger partial charge in [-0.3, -0.25) is 0 Å². The van der Waals surface area contributed by atoms with Crippen LogP contribution in [0.3, 0.4) is 0 Å². The van der Waals surface area contributed by atoms with Crippen LogP contribution >= 0.6 is 11.8 Å². The van der Waals surface area contributed by atoms with Crippen molar-refractivity contribution in [3.8, 4) is 0 Å². The SMILES string of the molecule is CCOC1CC(NCCSCCCO)C1. The van der Waals surface area contributed by atoms with Crippen molar-refractivity contribution in [2.24, 2.45) is 0 Å². The quantitative estimate of drug-likeness (QED) is 0.588. The van der Waals surface area contributed by atoms with Crippen LogP contribution < -0.4 is 5.32 Å². The average Bonchev–Trinajstić information content (AvgIpc) is 2.19. The first-order chi connectivity index (χ1) is 7.36. The number of thioether (sulfide) groups is 1. The summed E-state index contributed by atoms with van der Waals surface area (Å²) in [5, 5.41) is 12.1. The lowest BCUT2D eigenvalue weighted by atomic mass is 9.89. The highest BCUT2D eigenvalue weighted by Crippen LogP contribution is 2.22. The predicted octanol–water partition coefficient (Wildman–Crippen LogP) is 1.26. The van der Waals surface area contributed by atoms with E-state index in [1.165, 1.54) is 12.8 Å². The van der Waals surface area contributed by atoms with Gasteiger partial charge in [-0.15, -0.1) is 0 Å². The van der Waals surface area contributed by atoms with Gasteiger partial charge < -0.3 is 15.2 Å². The van der Waals surface area contributed by atoms with Crippen molar-refractivity contribution in [1.29, 1.82) is 0 Å². The maximum atomic E-state index is 8.60. The predicted molar refractivity (Wildman–Crippen MR) is 65.5 cm³/mol. The second-order valence-corrected chi connectivity index (χ2v) is 5.11. The molecule has 0 heterocycles. The van der Waals surface area contributed by atoms with E-state index in [4.69, 9.17) is 9.84 Å². The Labute approximate surface area is 97.0 Å². The largest absolute Gasteiger partial charge is 0.396 e. The van der Waals surface area contributed by atoms with Crippen molar-refractivity contribution in [3.63, 3.8) is 0 Å². The first-order valence-electron chi connectivity index (χ1n) is 5.90. The molecule has 1 aliphatic rings. The highest BCUT2D eigenvalue weighted by molar-refractivity contribution is 7.99. The topological polar surface area (TPSA) is 41.5 Å². The number of aliphatic hydroxyl groups is 1. The van der Waals surface area contributed by atoms with Crippen molar-refractivity contribution in [2.75, 3.05) is 31.3 Å². The lowest BCUT2D eigenvalue weighted by Gasteiger charge is -2.35. The van der Waals surface area contributed by atoms with Gasteiger partial charge in [-0.1, -0.05) is 0 Å². The van der Waals surface area contributed by atoms with Crippen molar-refractivity contribution in [3.05, 3.63) is 0 Å². The zero-order chi connectivity index (χ0) is 10.9. The lowest BCUT2D eigenvalue weighted by molar-refractivity contribution is -0.00929. The van der Waals surface area contributed by atoms with E-state index < -0.39 is 0 Å². The van der Waals surface area contributed by atoms with E-state index in [0.29, 0.717) is 18.8 Å². The normalized spacial score (nSPS) is 25.2. The number of rotatable bonds is 9. The molecule has 1 fully saturated rings. The third kappa shape index (κ3) is 5.76. The molecular weight excluding hydrogens is 210 g/mol. The second-order valence-electron chi connectivity index (χ2n) is 3.89. The molecule has 0 saturated heterocycles. The fraction of sp³-hybridized carbons (Fsp3) is 1.00. The fourth-order valence-electron chi connectivity index (χ4n) is 1.71. The first kappa shape index (κ1) is 13.3. The maximum Gasteiger partial charge on any atom is 0.0604 e. The number of aliphatic hydroxyl groups excluding tert-OH is 1. The summed E-state index contributed by atoms with van der Waals surface area (Å²) < 4.78 is 5.49. The molecule has 90 valence electrons. The highest BCUT2D eigenvalue weighted by atomic mass is 32.2. The summed E-state index contributed by atoms with van der Waals surface area (Å²) in [6.07, 6.45) is 3.78. The molecule has 1 saturated carbocycles. The Morgan fingerprint density at radius 1 is 1.40 bits per heavy atom. The van der Waals surface area contributed by atoms with E-state index in [0.717, 1.165) is 31.1 Å². The molecule has 1 aliphatic carbocycles. The highest BCUT2D eigenvalue weighted by Gasteiger charge is 2.28. The molecule has 2 N–H and O–H groups in total. The number of ether oxygens (including phenoxy) is 1. The summed E-state index contributed by atoms with van der Waals surface area (Å²) in [4.78, 5) is 0. The van der Waals surface area contributed by atoms with Crippen LogP contribution in [0.1, 0.15) is 26.2 Å². The molecule has 15 heavy (non-hydrogen) atoms. The van der Waals surface area contributed by atoms with E-state index in [1.54, 1.807) is 0 Å². The van der Waals surface area contributed by atoms with Crippen molar-refractivity contribution in [2.45, 2.75) is 38.3 Å². The lowest BCUT2D eigenvalue weighted by Crippen LogP contribution is -2.46. The van der Waals surface area contributed by atoms with Crippen LogP contribution in [0.2, 0.25) is 0 Å². The summed E-state index contributed by atoms with van der Waals surface area (Å²) in [5.41, 5.74) is 0. The molecule has 4 heteroatoms. The minimum Gasteiger partial charge on any atom is -0.396 e. The molecule has 0 bridgehead atoms. The molecule has 0 aromatic heterocycles. The zero-order valence-electron chi connectivity index (χ0n) is 9.58. The Morgan fingerprint density at radius 2 is 2.20 bits per heavy atom. The Balaban J connectivity index is 1.78. The molecule has 0 unspecified atom stereocenters. The Kier molecular flexibility index (Phi) is 7.44. The number of hydrogen-bond acceptors (Lipinski definition) is 4. The monoisotopic (exact) mass is 233 g/mol. The minimum absolute atomic E-state index is 0.319. The van der Waals surface area contributed by atoms with Gasteiger partial charge in [0.05, 0.1) is 6.10 Å². The van der Waals surface area contributed by atoms with Gasteiger partial charge in [-0.05, 0) is 31.9 Å². The minimum atomic E-state index is 0.319. The van der Waals surface area contributed by atoms with Crippen LogP contribution in [0.4, 0.5) is 0 Å². The van der Waals surface area contributed by atoms with Gasteiger partial charge in [0.25, 0.3) is 0 Å². The van der Waals surface area contributed by atoms with Gasteiger partial charge in [-0.2, -0.15) is 11.8 Å². The standard InChI is InChI=1S/C11H23NO2S/c1-2-14-11-8-10(9-11)12-4-7-15-6-3-5-13/h10-13H,2-9H2,1H3. The molecule has 0 amide bonds. The summed E-state index contributed by atoms with van der Waals surface area (Å²) in [6.45, 7) is 4.30. The van der Waals surface area contributed by atoms with Gasteiger partial charge in [0.1, 0.15) is 0 Å². The third-order valence-corrected chi connectivity index (χ3v) is 3.69. The molecule has 3 nitrogen and oxygen atoms in total. The van der Waals surface area contributed by atoms with Gasteiger partial charge in [0.15, 0.2) is 0 Å². The third-order valence-electron chi connectivity index (χ3n) is 2.62. The molecular formula is C11H23NO2S. The van der Waals surface area contributed by atoms with Crippen LogP contribution in [-0.2, 0) is 4.74 Å². The fourth-order valence-corrected chi connectivity index (χ4v) is 2.51. The Morgan fingerprint density at radius 3 is 2.87 bits per heavy atom. The molecule has 0 radical (unpaired) electrons. The van der Waals surface area contributed by atoms with Crippen LogP contribution in [0.15, 0.2) is 0 Å². The summed E-state index contributed by atoms with van der Waals surface area (Å²) in [5.74, 6) is 2.22. The van der Waals surface area contributed by atoms with Gasteiger partial charge in [0, 0.05) is 31.6 Å². The molecule has 0 aliphatic heterocycles. The van der Waals surface area contributed by atoms with Gasteiger partial charge in [-0.25, -0.2) is 0 Å². The zero-order valence-corrected chi connectivity index (χ0v) is 10.4. The van der Waals surface area contributed by atoms with E-state index in [1.807, 2.05) is 11.8 Å². The second kappa shape index (κ2) is 8.39. The van der Waals surface area contributed by atoms with Crippen molar-refractivity contribution < 1.29 is 9.84 Å². The van der Waals surface area contributed by atoms with Gasteiger partial charge in [0.2, 0.25) is 0 Å². The van der Waals surface area contributed by atoms with E-state index >= 15 is 0 Å². The molecule has 0 atom stereocenters. The average molecular weight is 233 g/mol. The number of hydrogen-bond donors (Lipinski definition) is 2. The van der Waals surface area contributed by atoms with Gasteiger partial charge >= 0.3 is 0 Å². The molecule has 1 rings (SSSR count). The first-order valence-corrected chi connectivity index (χ1v) is 7.05. The van der Waals surface area contributed by atoms with Crippen molar-refractivity contribution >= 4 is 11.8 Å². The maximum absolute atomic E-state index is 8.60. The summed E-state index contributed by atoms with van der Waals surface area (Å²) in [7, 11) is 0. The summed E-state index contributed by atoms with van der Waals surface area (Å²) in [6, 6.07) is 0.681. The molecule has 0 aromatic rings. The van der Waals surface area contributed by atoms with Crippen LogP contribution in [0.5, 0.6) is 0 Å². The van der Waals surface area contributed by atoms with Crippen LogP contribution in [0, 0.1) is 0 Å². The van der Waals surface area contributed by atoms with Crippen LogP contribution in [0.25, 0.3) is 0 Å². The Hall–Kier alpha value is 0.230. The molecule has 0 spiro atoms. The van der Waals surface area contributed by atoms with E-state index in [9.17, 15) is 0 Å². The molecule has 0 aromatic carbocycles. The van der Waals surface area contributed by atoms with E-state index in [2.05, 4.69) is 12.2 Å². The Bertz CT molecular complexity index is 152. The van der Waals surface area contributed by atoms with Crippen molar-refractivity contribution in [1.82, 2.24) is 5.32 Å². The smallest absolute Gasteiger partial charge is 0.0604 e. The van der Waals surface area contributed by atoms with Crippen LogP contribution in [-0.4, -0.2) is 48.5 Å². The summed E-state index contributed by atoms with van der Waals surface area (Å²) >= 11 is 1.91.